The Bertz CT molecular complexity index is 1690. The number of nitrogens with one attached hydrogen (secondary N) is 1. The highest BCUT2D eigenvalue weighted by Crippen LogP contribution is 2.40. The molecule has 0 amide bonds. The Balaban J connectivity index is 0.00000173. The van der Waals surface area contributed by atoms with Crippen molar-refractivity contribution >= 4 is 28.0 Å². The third-order valence-electron chi connectivity index (χ3n) is 7.01. The van der Waals surface area contributed by atoms with Gasteiger partial charge in [0.05, 0.1) is 71.6 Å². The molecule has 0 saturated carbocycles. The van der Waals surface area contributed by atoms with Gasteiger partial charge in [-0.1, -0.05) is 32.0 Å². The van der Waals surface area contributed by atoms with Crippen LogP contribution in [0.5, 0.6) is 5.75 Å². The second kappa shape index (κ2) is 12.9. The summed E-state index contributed by atoms with van der Waals surface area (Å²) in [6, 6.07) is 17.2. The highest BCUT2D eigenvalue weighted by atomic mass is 19.1. The van der Waals surface area contributed by atoms with E-state index in [1.807, 2.05) is 75.5 Å². The van der Waals surface area contributed by atoms with Crippen LogP contribution in [-0.4, -0.2) is 48.4 Å². The number of rotatable bonds is 6. The number of ether oxygens (including phenoxy) is 2. The lowest BCUT2D eigenvalue weighted by Crippen LogP contribution is -2.36. The Morgan fingerprint density at radius 1 is 0.929 bits per heavy atom. The van der Waals surface area contributed by atoms with Gasteiger partial charge in [0.25, 0.3) is 0 Å². The smallest absolute Gasteiger partial charge is 0.137 e. The molecule has 2 aromatic carbocycles. The Hall–Kier alpha value is -4.63. The molecule has 216 valence electrons. The largest absolute Gasteiger partial charge is 0.497 e. The monoisotopic (exact) mass is 569 g/mol. The Morgan fingerprint density at radius 2 is 1.74 bits per heavy atom. The van der Waals surface area contributed by atoms with E-state index in [4.69, 9.17) is 14.5 Å². The van der Waals surface area contributed by atoms with E-state index < -0.39 is 11.6 Å². The number of benzene rings is 2. The van der Waals surface area contributed by atoms with Gasteiger partial charge in [0.15, 0.2) is 0 Å². The number of hydrogen-bond acceptors (Lipinski definition) is 7. The fourth-order valence-electron chi connectivity index (χ4n) is 4.99. The van der Waals surface area contributed by atoms with Crippen LogP contribution in [0, 0.1) is 18.6 Å². The first-order valence-corrected chi connectivity index (χ1v) is 14.0. The summed E-state index contributed by atoms with van der Waals surface area (Å²) in [5, 5.41) is 3.67. The van der Waals surface area contributed by atoms with E-state index in [2.05, 4.69) is 20.2 Å². The summed E-state index contributed by atoms with van der Waals surface area (Å²) in [6.07, 6.45) is 3.49. The first-order chi connectivity index (χ1) is 20.5. The van der Waals surface area contributed by atoms with Gasteiger partial charge in [0.2, 0.25) is 0 Å². The molecule has 1 saturated heterocycles. The number of fused-ring (bicyclic) bond motifs is 1. The van der Waals surface area contributed by atoms with Crippen LogP contribution in [0.2, 0.25) is 0 Å². The molecule has 0 spiro atoms. The van der Waals surface area contributed by atoms with Crippen molar-refractivity contribution in [2.45, 2.75) is 20.8 Å². The lowest BCUT2D eigenvalue weighted by atomic mass is 10.0. The predicted octanol–water partition coefficient (Wildman–Crippen LogP) is 7.56. The molecule has 0 aliphatic carbocycles. The number of anilines is 3. The minimum Gasteiger partial charge on any atom is -0.497 e. The molecule has 1 N–H and O–H groups in total. The molecular formula is C33H33F2N5O2. The van der Waals surface area contributed by atoms with E-state index in [1.165, 1.54) is 6.07 Å². The summed E-state index contributed by atoms with van der Waals surface area (Å²) in [5.41, 5.74) is 5.49. The number of nitrogens with zero attached hydrogens (tertiary/aromatic N) is 4. The van der Waals surface area contributed by atoms with Crippen molar-refractivity contribution in [2.75, 3.05) is 43.6 Å². The number of morpholine rings is 1. The normalized spacial score (nSPS) is 13.0. The SMILES string of the molecule is CC.COc1cccc(-c2ncc(N3CCOCC3)cc2Nc2c(C)c(-c3ccccn3)nc3cc(F)cc(F)c23)c1. The minimum atomic E-state index is -0.708. The molecule has 0 radical (unpaired) electrons. The highest BCUT2D eigenvalue weighted by molar-refractivity contribution is 5.99. The highest BCUT2D eigenvalue weighted by Gasteiger charge is 2.21. The number of aromatic nitrogens is 3. The van der Waals surface area contributed by atoms with Gasteiger partial charge in [-0.15, -0.1) is 0 Å². The number of pyridine rings is 3. The summed E-state index contributed by atoms with van der Waals surface area (Å²) in [5.74, 6) is -0.722. The van der Waals surface area contributed by atoms with Gasteiger partial charge in [-0.05, 0) is 37.3 Å². The fraction of sp³-hybridized carbons (Fsp3) is 0.242. The van der Waals surface area contributed by atoms with Crippen LogP contribution in [0.1, 0.15) is 19.4 Å². The minimum absolute atomic E-state index is 0.187. The summed E-state index contributed by atoms with van der Waals surface area (Å²) in [6.45, 7) is 8.56. The second-order valence-corrected chi connectivity index (χ2v) is 9.50. The number of halogens is 2. The van der Waals surface area contributed by atoms with Crippen LogP contribution < -0.4 is 15.0 Å². The van der Waals surface area contributed by atoms with Crippen molar-refractivity contribution in [1.82, 2.24) is 15.0 Å². The van der Waals surface area contributed by atoms with Gasteiger partial charge in [-0.25, -0.2) is 13.8 Å². The van der Waals surface area contributed by atoms with E-state index in [1.54, 1.807) is 13.3 Å². The molecule has 1 fully saturated rings. The lowest BCUT2D eigenvalue weighted by Gasteiger charge is -2.29. The summed E-state index contributed by atoms with van der Waals surface area (Å²) < 4.78 is 40.8. The molecule has 42 heavy (non-hydrogen) atoms. The van der Waals surface area contributed by atoms with Crippen molar-refractivity contribution in [3.05, 3.63) is 90.3 Å². The maximum atomic E-state index is 15.4. The molecule has 1 aliphatic rings. The zero-order valence-corrected chi connectivity index (χ0v) is 24.1. The molecule has 3 aromatic heterocycles. The van der Waals surface area contributed by atoms with E-state index in [0.29, 0.717) is 53.0 Å². The Morgan fingerprint density at radius 3 is 2.48 bits per heavy atom. The first-order valence-electron chi connectivity index (χ1n) is 14.0. The van der Waals surface area contributed by atoms with Crippen LogP contribution in [0.3, 0.4) is 0 Å². The molecule has 0 atom stereocenters. The number of hydrogen-bond donors (Lipinski definition) is 1. The maximum absolute atomic E-state index is 15.4. The molecule has 9 heteroatoms. The number of methoxy groups -OCH3 is 1. The fourth-order valence-corrected chi connectivity index (χ4v) is 4.99. The standard InChI is InChI=1S/C31H27F2N5O2.C2H6/c1-19-29(25-8-3-4-9-34-25)36-26-16-21(32)15-24(33)28(26)30(19)37-27-17-22(38-10-12-40-13-11-38)18-35-31(27)20-6-5-7-23(14-20)39-2;1-2/h3-9,14-18H,10-13H2,1-2H3,(H,36,37);1-2H3. The van der Waals surface area contributed by atoms with Gasteiger partial charge in [-0.3, -0.25) is 9.97 Å². The van der Waals surface area contributed by atoms with E-state index in [9.17, 15) is 4.39 Å². The van der Waals surface area contributed by atoms with Gasteiger partial charge in [0.1, 0.15) is 17.4 Å². The van der Waals surface area contributed by atoms with Crippen LogP contribution in [-0.2, 0) is 4.74 Å². The van der Waals surface area contributed by atoms with Crippen molar-refractivity contribution in [2.24, 2.45) is 0 Å². The van der Waals surface area contributed by atoms with Crippen molar-refractivity contribution in [1.29, 1.82) is 0 Å². The van der Waals surface area contributed by atoms with Gasteiger partial charge < -0.3 is 19.7 Å². The zero-order valence-electron chi connectivity index (χ0n) is 24.1. The van der Waals surface area contributed by atoms with Crippen LogP contribution >= 0.6 is 0 Å². The topological polar surface area (TPSA) is 72.4 Å². The third kappa shape index (κ3) is 5.87. The Labute approximate surface area is 244 Å². The first kappa shape index (κ1) is 28.9. The van der Waals surface area contributed by atoms with Crippen LogP contribution in [0.25, 0.3) is 33.5 Å². The average molecular weight is 570 g/mol. The van der Waals surface area contributed by atoms with Gasteiger partial charge >= 0.3 is 0 Å². The van der Waals surface area contributed by atoms with E-state index in [-0.39, 0.29) is 10.9 Å². The molecular weight excluding hydrogens is 536 g/mol. The average Bonchev–Trinajstić information content (AvgIpc) is 3.04. The van der Waals surface area contributed by atoms with Crippen LogP contribution in [0.4, 0.5) is 25.8 Å². The molecule has 7 nitrogen and oxygen atoms in total. The predicted molar refractivity (Wildman–Crippen MR) is 164 cm³/mol. The molecule has 5 aromatic rings. The van der Waals surface area contributed by atoms with Gasteiger partial charge in [-0.2, -0.15) is 0 Å². The maximum Gasteiger partial charge on any atom is 0.137 e. The molecule has 0 unspecified atom stereocenters. The van der Waals surface area contributed by atoms with E-state index in [0.717, 1.165) is 30.4 Å². The van der Waals surface area contributed by atoms with Crippen molar-refractivity contribution in [3.63, 3.8) is 0 Å². The Kier molecular flexibility index (Phi) is 8.88. The second-order valence-electron chi connectivity index (χ2n) is 9.50. The summed E-state index contributed by atoms with van der Waals surface area (Å²) in [7, 11) is 1.61. The van der Waals surface area contributed by atoms with Crippen LogP contribution in [0.15, 0.2) is 73.1 Å². The molecule has 1 aliphatic heterocycles. The van der Waals surface area contributed by atoms with Gasteiger partial charge in [0, 0.05) is 42.5 Å². The molecule has 0 bridgehead atoms. The zero-order chi connectivity index (χ0) is 29.6. The lowest BCUT2D eigenvalue weighted by molar-refractivity contribution is 0.122. The van der Waals surface area contributed by atoms with Crippen molar-refractivity contribution < 1.29 is 18.3 Å². The summed E-state index contributed by atoms with van der Waals surface area (Å²) in [4.78, 5) is 16.1. The quantitative estimate of drug-likeness (QED) is 0.226. The third-order valence-corrected chi connectivity index (χ3v) is 7.01. The molecule has 6 rings (SSSR count). The summed E-state index contributed by atoms with van der Waals surface area (Å²) >= 11 is 0. The molecule has 4 heterocycles. The van der Waals surface area contributed by atoms with Crippen molar-refractivity contribution in [3.8, 4) is 28.4 Å². The van der Waals surface area contributed by atoms with E-state index >= 15 is 4.39 Å².